The summed E-state index contributed by atoms with van der Waals surface area (Å²) >= 11 is 0. The fourth-order valence-corrected chi connectivity index (χ4v) is 2.06. The SMILES string of the molecule is CN(Cc1ccccn1)Cc1cc(C2CC2)on1. The van der Waals surface area contributed by atoms with Crippen molar-refractivity contribution in [3.63, 3.8) is 0 Å². The Hall–Kier alpha value is -1.68. The van der Waals surface area contributed by atoms with Gasteiger partial charge in [0.05, 0.1) is 11.4 Å². The second kappa shape index (κ2) is 4.90. The predicted molar refractivity (Wildman–Crippen MR) is 67.9 cm³/mol. The highest BCUT2D eigenvalue weighted by Crippen LogP contribution is 2.40. The normalized spacial score (nSPS) is 15.2. The minimum absolute atomic E-state index is 0.632. The summed E-state index contributed by atoms with van der Waals surface area (Å²) in [5.41, 5.74) is 2.08. The summed E-state index contributed by atoms with van der Waals surface area (Å²) in [6.07, 6.45) is 4.32. The van der Waals surface area contributed by atoms with Gasteiger partial charge in [-0.25, -0.2) is 0 Å². The standard InChI is InChI=1S/C14H17N3O/c1-17(9-12-4-2-3-7-15-12)10-13-8-14(18-16-13)11-5-6-11/h2-4,7-8,11H,5-6,9-10H2,1H3. The summed E-state index contributed by atoms with van der Waals surface area (Å²) in [7, 11) is 2.07. The molecule has 0 bridgehead atoms. The molecule has 2 aromatic heterocycles. The highest BCUT2D eigenvalue weighted by atomic mass is 16.5. The molecule has 0 radical (unpaired) electrons. The number of hydrogen-bond donors (Lipinski definition) is 0. The Bertz CT molecular complexity index is 505. The molecular weight excluding hydrogens is 226 g/mol. The van der Waals surface area contributed by atoms with Crippen molar-refractivity contribution in [3.05, 3.63) is 47.6 Å². The Morgan fingerprint density at radius 2 is 2.11 bits per heavy atom. The number of rotatable bonds is 5. The molecule has 0 unspecified atom stereocenters. The molecule has 3 rings (SSSR count). The molecule has 0 spiro atoms. The van der Waals surface area contributed by atoms with Crippen LogP contribution in [0, 0.1) is 0 Å². The lowest BCUT2D eigenvalue weighted by Gasteiger charge is -2.13. The summed E-state index contributed by atoms with van der Waals surface area (Å²) < 4.78 is 5.35. The minimum atomic E-state index is 0.632. The van der Waals surface area contributed by atoms with Gasteiger partial charge in [0.1, 0.15) is 5.76 Å². The van der Waals surface area contributed by atoms with Gasteiger partial charge < -0.3 is 4.52 Å². The molecule has 1 saturated carbocycles. The fourth-order valence-electron chi connectivity index (χ4n) is 2.06. The van der Waals surface area contributed by atoms with Crippen molar-refractivity contribution in [1.82, 2.24) is 15.0 Å². The van der Waals surface area contributed by atoms with Crippen LogP contribution in [0.3, 0.4) is 0 Å². The van der Waals surface area contributed by atoms with Crippen molar-refractivity contribution in [2.75, 3.05) is 7.05 Å². The maximum Gasteiger partial charge on any atom is 0.140 e. The zero-order valence-electron chi connectivity index (χ0n) is 10.5. The average molecular weight is 243 g/mol. The van der Waals surface area contributed by atoms with Crippen LogP contribution < -0.4 is 0 Å². The Labute approximate surface area is 107 Å². The van der Waals surface area contributed by atoms with E-state index in [0.717, 1.165) is 30.2 Å². The van der Waals surface area contributed by atoms with Gasteiger partial charge in [0, 0.05) is 31.3 Å². The highest BCUT2D eigenvalue weighted by molar-refractivity contribution is 5.14. The van der Waals surface area contributed by atoms with Crippen molar-refractivity contribution in [2.45, 2.75) is 31.8 Å². The first-order valence-corrected chi connectivity index (χ1v) is 6.35. The zero-order valence-corrected chi connectivity index (χ0v) is 10.5. The van der Waals surface area contributed by atoms with Gasteiger partial charge in [0.15, 0.2) is 0 Å². The molecular formula is C14H17N3O. The van der Waals surface area contributed by atoms with Crippen LogP contribution in [0.5, 0.6) is 0 Å². The number of nitrogens with zero attached hydrogens (tertiary/aromatic N) is 3. The first kappa shape index (κ1) is 11.4. The van der Waals surface area contributed by atoms with Gasteiger partial charge in [-0.1, -0.05) is 11.2 Å². The first-order valence-electron chi connectivity index (χ1n) is 6.35. The molecule has 0 aromatic carbocycles. The van der Waals surface area contributed by atoms with E-state index in [1.807, 2.05) is 24.4 Å². The molecule has 2 aromatic rings. The maximum atomic E-state index is 5.35. The van der Waals surface area contributed by atoms with Gasteiger partial charge in [-0.05, 0) is 32.0 Å². The van der Waals surface area contributed by atoms with Gasteiger partial charge in [-0.15, -0.1) is 0 Å². The van der Waals surface area contributed by atoms with Crippen LogP contribution in [-0.2, 0) is 13.1 Å². The summed E-state index contributed by atoms with van der Waals surface area (Å²) in [6.45, 7) is 1.62. The summed E-state index contributed by atoms with van der Waals surface area (Å²) in [5.74, 6) is 1.68. The molecule has 0 N–H and O–H groups in total. The topological polar surface area (TPSA) is 42.2 Å². The van der Waals surface area contributed by atoms with Crippen molar-refractivity contribution in [2.24, 2.45) is 0 Å². The lowest BCUT2D eigenvalue weighted by molar-refractivity contribution is 0.298. The van der Waals surface area contributed by atoms with Crippen LogP contribution in [0.4, 0.5) is 0 Å². The van der Waals surface area contributed by atoms with E-state index in [1.54, 1.807) is 0 Å². The van der Waals surface area contributed by atoms with E-state index in [0.29, 0.717) is 5.92 Å². The van der Waals surface area contributed by atoms with Crippen molar-refractivity contribution >= 4 is 0 Å². The van der Waals surface area contributed by atoms with Gasteiger partial charge >= 0.3 is 0 Å². The van der Waals surface area contributed by atoms with Crippen LogP contribution in [0.25, 0.3) is 0 Å². The van der Waals surface area contributed by atoms with E-state index in [1.165, 1.54) is 12.8 Å². The third-order valence-corrected chi connectivity index (χ3v) is 3.15. The lowest BCUT2D eigenvalue weighted by Crippen LogP contribution is -2.18. The minimum Gasteiger partial charge on any atom is -0.361 e. The second-order valence-corrected chi connectivity index (χ2v) is 4.99. The van der Waals surface area contributed by atoms with E-state index < -0.39 is 0 Å². The van der Waals surface area contributed by atoms with E-state index in [2.05, 4.69) is 28.2 Å². The molecule has 0 amide bonds. The summed E-state index contributed by atoms with van der Waals surface area (Å²) in [4.78, 5) is 6.51. The molecule has 4 heteroatoms. The van der Waals surface area contributed by atoms with Gasteiger partial charge in [-0.2, -0.15) is 0 Å². The zero-order chi connectivity index (χ0) is 12.4. The van der Waals surface area contributed by atoms with Crippen LogP contribution in [0.15, 0.2) is 35.0 Å². The van der Waals surface area contributed by atoms with Crippen LogP contribution in [0.1, 0.15) is 35.9 Å². The first-order chi connectivity index (χ1) is 8.81. The monoisotopic (exact) mass is 243 g/mol. The average Bonchev–Trinajstić information content (AvgIpc) is 3.12. The lowest BCUT2D eigenvalue weighted by atomic mass is 10.2. The predicted octanol–water partition coefficient (Wildman–Crippen LogP) is 2.58. The Kier molecular flexibility index (Phi) is 3.11. The van der Waals surface area contributed by atoms with Gasteiger partial charge in [0.25, 0.3) is 0 Å². The largest absolute Gasteiger partial charge is 0.361 e. The number of pyridine rings is 1. The van der Waals surface area contributed by atoms with Gasteiger partial charge in [0.2, 0.25) is 0 Å². The van der Waals surface area contributed by atoms with Crippen molar-refractivity contribution in [1.29, 1.82) is 0 Å². The maximum absolute atomic E-state index is 5.35. The molecule has 0 aliphatic heterocycles. The van der Waals surface area contributed by atoms with Crippen molar-refractivity contribution in [3.8, 4) is 0 Å². The second-order valence-electron chi connectivity index (χ2n) is 4.99. The molecule has 2 heterocycles. The van der Waals surface area contributed by atoms with Crippen LogP contribution in [-0.4, -0.2) is 22.1 Å². The van der Waals surface area contributed by atoms with Gasteiger partial charge in [-0.3, -0.25) is 9.88 Å². The Balaban J connectivity index is 1.58. The molecule has 18 heavy (non-hydrogen) atoms. The smallest absolute Gasteiger partial charge is 0.140 e. The Morgan fingerprint density at radius 1 is 1.28 bits per heavy atom. The molecule has 4 nitrogen and oxygen atoms in total. The summed E-state index contributed by atoms with van der Waals surface area (Å²) in [5, 5.41) is 4.12. The van der Waals surface area contributed by atoms with Crippen molar-refractivity contribution < 1.29 is 4.52 Å². The number of aromatic nitrogens is 2. The molecule has 0 saturated heterocycles. The highest BCUT2D eigenvalue weighted by Gasteiger charge is 2.27. The molecule has 1 aliphatic carbocycles. The molecule has 94 valence electrons. The fraction of sp³-hybridized carbons (Fsp3) is 0.429. The van der Waals surface area contributed by atoms with E-state index in [4.69, 9.17) is 4.52 Å². The quantitative estimate of drug-likeness (QED) is 0.809. The number of hydrogen-bond acceptors (Lipinski definition) is 4. The summed E-state index contributed by atoms with van der Waals surface area (Å²) in [6, 6.07) is 8.07. The molecule has 1 fully saturated rings. The third kappa shape index (κ3) is 2.76. The van der Waals surface area contributed by atoms with E-state index in [-0.39, 0.29) is 0 Å². The Morgan fingerprint density at radius 3 is 2.83 bits per heavy atom. The molecule has 0 atom stereocenters. The molecule has 1 aliphatic rings. The van der Waals surface area contributed by atoms with Crippen LogP contribution in [0.2, 0.25) is 0 Å². The third-order valence-electron chi connectivity index (χ3n) is 3.15. The van der Waals surface area contributed by atoms with Crippen LogP contribution >= 0.6 is 0 Å². The van der Waals surface area contributed by atoms with E-state index in [9.17, 15) is 0 Å². The van der Waals surface area contributed by atoms with E-state index >= 15 is 0 Å².